The van der Waals surface area contributed by atoms with E-state index in [1.54, 1.807) is 59.1 Å². The second-order valence-corrected chi connectivity index (χ2v) is 23.4. The molecule has 5 heterocycles. The smallest absolute Gasteiger partial charge is 0.487 e. The lowest BCUT2D eigenvalue weighted by atomic mass is 10.1. The van der Waals surface area contributed by atoms with Crippen LogP contribution in [0.1, 0.15) is 113 Å². The lowest BCUT2D eigenvalue weighted by Gasteiger charge is -2.33. The number of nitrogens with two attached hydrogens (primary N) is 1. The van der Waals surface area contributed by atoms with Gasteiger partial charge in [-0.2, -0.15) is 9.69 Å². The van der Waals surface area contributed by atoms with E-state index in [4.69, 9.17) is 33.1 Å². The number of ether oxygens (including phenoxy) is 3. The number of rotatable bonds is 13. The van der Waals surface area contributed by atoms with Crippen molar-refractivity contribution in [1.82, 2.24) is 19.8 Å². The third kappa shape index (κ3) is 20.3. The average Bonchev–Trinajstić information content (AvgIpc) is 2.52. The Morgan fingerprint density at radius 1 is 0.882 bits per heavy atom. The maximum Gasteiger partial charge on any atom is 0.549 e. The minimum Gasteiger partial charge on any atom is -0.487 e. The summed E-state index contributed by atoms with van der Waals surface area (Å²) in [7, 11) is 3.34. The number of nitro groups is 1. The number of aromatic nitrogens is 2. The Balaban J connectivity index is 0.000000197. The minimum absolute atomic E-state index is 0.00838. The molecule has 0 saturated carbocycles. The topological polar surface area (TPSA) is 205 Å². The van der Waals surface area contributed by atoms with Gasteiger partial charge in [-0.1, -0.05) is 54.0 Å². The number of nitrogens with zero attached hydrogens (tertiary/aromatic N) is 9. The quantitative estimate of drug-likeness (QED) is 0.0285. The molecule has 0 atom stereocenters. The van der Waals surface area contributed by atoms with Crippen LogP contribution in [0.4, 0.5) is 35.2 Å². The summed E-state index contributed by atoms with van der Waals surface area (Å²) < 4.78 is 58.1. The van der Waals surface area contributed by atoms with Gasteiger partial charge in [-0.25, -0.2) is 27.9 Å². The highest BCUT2D eigenvalue weighted by Crippen LogP contribution is 2.33. The van der Waals surface area contributed by atoms with Gasteiger partial charge >= 0.3 is 17.9 Å². The number of benzene rings is 4. The number of halogens is 4. The number of amides is 1. The third-order valence-corrected chi connectivity index (χ3v) is 15.3. The van der Waals surface area contributed by atoms with Crippen LogP contribution in [0.15, 0.2) is 112 Å². The van der Waals surface area contributed by atoms with Crippen molar-refractivity contribution in [3.8, 4) is 11.5 Å². The van der Waals surface area contributed by atoms with Crippen LogP contribution in [0, 0.1) is 40.7 Å². The minimum atomic E-state index is -0.672. The summed E-state index contributed by atoms with van der Waals surface area (Å²) in [5.74, 6) is -0.579. The lowest BCUT2D eigenvalue weighted by molar-refractivity contribution is -0.385. The highest BCUT2D eigenvalue weighted by molar-refractivity contribution is 9.10. The summed E-state index contributed by atoms with van der Waals surface area (Å²) in [6.45, 7) is 28.4. The van der Waals surface area contributed by atoms with Crippen molar-refractivity contribution in [3.05, 3.63) is 179 Å². The first-order valence-corrected chi connectivity index (χ1v) is 29.8. The number of Topliss-reactive ketones (excluding diaryl/α,β-unsaturated/α-hetero) is 1. The first-order chi connectivity index (χ1) is 40.5. The molecule has 0 bridgehead atoms. The molecule has 6 aromatic rings. The van der Waals surface area contributed by atoms with Gasteiger partial charge in [-0.15, -0.1) is 23.1 Å². The van der Waals surface area contributed by atoms with Crippen LogP contribution >= 0.6 is 39.0 Å². The number of hydrogen-bond acceptors (Lipinski definition) is 16. The number of carbonyl (C=O) groups is 3. The van der Waals surface area contributed by atoms with Gasteiger partial charge in [-0.3, -0.25) is 24.7 Å². The van der Waals surface area contributed by atoms with Crippen LogP contribution in [-0.2, 0) is 16.1 Å². The Hall–Kier alpha value is -8.06. The number of nitro benzene ring substituents is 1. The van der Waals surface area contributed by atoms with Crippen LogP contribution in [0.3, 0.4) is 0 Å². The Kier molecular flexibility index (Phi) is 26.2. The number of ketones is 1. The van der Waals surface area contributed by atoms with Crippen LogP contribution < -0.4 is 20.1 Å². The number of esters is 1. The molecule has 3 aliphatic rings. The van der Waals surface area contributed by atoms with E-state index >= 15 is 0 Å². The summed E-state index contributed by atoms with van der Waals surface area (Å²) >= 11 is 6.59. The van der Waals surface area contributed by atoms with E-state index < -0.39 is 33.9 Å². The number of carbonyl (C=O) groups excluding carboxylic acids is 3. The fourth-order valence-electron chi connectivity index (χ4n) is 8.40. The van der Waals surface area contributed by atoms with Gasteiger partial charge in [0.05, 0.1) is 50.6 Å². The van der Waals surface area contributed by atoms with Crippen LogP contribution in [0.25, 0.3) is 19.8 Å². The lowest BCUT2D eigenvalue weighted by Crippen LogP contribution is -2.44. The molecule has 2 fully saturated rings. The zero-order chi connectivity index (χ0) is 62.4. The first-order valence-electron chi connectivity index (χ1n) is 27.2. The third-order valence-electron chi connectivity index (χ3n) is 12.4. The number of piperidine rings is 1. The SMILES string of the molecule is CC(C)(C)OC(=O)N1CCC(Oc2ccc(Br)cc2F)CC1.CCCC(=O)Oc1cccc(F)c1C(C)=O.CN(C)c1ccc([N+](=O)[O-])cc1F.Nc1ncnc2c1C(c1cc3ccccc3s1)=NC2.[C-]#[N+]C([N+]#[C-])=C(SCCC)N1CCCC1. The maximum atomic E-state index is 13.8. The number of thiophene rings is 1. The predicted molar refractivity (Wildman–Crippen MR) is 331 cm³/mol. The van der Waals surface area contributed by atoms with Crippen molar-refractivity contribution in [3.63, 3.8) is 0 Å². The molecule has 0 spiro atoms. The van der Waals surface area contributed by atoms with Crippen molar-refractivity contribution in [2.45, 2.75) is 105 Å². The van der Waals surface area contributed by atoms with Gasteiger partial charge in [0.1, 0.15) is 48.6 Å². The number of likely N-dealkylation sites (tertiary alicyclic amines) is 2. The molecule has 85 heavy (non-hydrogen) atoms. The fraction of sp³-hybridized carbons (Fsp3) is 0.377. The van der Waals surface area contributed by atoms with Crippen molar-refractivity contribution >= 4 is 89.9 Å². The van der Waals surface area contributed by atoms with E-state index in [0.29, 0.717) is 54.9 Å². The summed E-state index contributed by atoms with van der Waals surface area (Å²) in [5.41, 5.74) is 8.14. The molecule has 1 amide bonds. The van der Waals surface area contributed by atoms with Crippen molar-refractivity contribution in [2.75, 3.05) is 56.7 Å². The van der Waals surface area contributed by atoms with E-state index in [-0.39, 0.29) is 53.0 Å². The van der Waals surface area contributed by atoms with Gasteiger partial charge in [-0.05, 0) is 113 Å². The predicted octanol–water partition coefficient (Wildman–Crippen LogP) is 14.7. The molecule has 9 rings (SSSR count). The van der Waals surface area contributed by atoms with E-state index in [1.165, 1.54) is 66.5 Å². The van der Waals surface area contributed by atoms with Gasteiger partial charge in [0, 0.05) is 74.8 Å². The number of nitrogen functional groups attached to an aromatic ring is 1. The Morgan fingerprint density at radius 2 is 1.58 bits per heavy atom. The fourth-order valence-corrected chi connectivity index (χ4v) is 10.8. The highest BCUT2D eigenvalue weighted by atomic mass is 79.9. The molecule has 18 nitrogen and oxygen atoms in total. The second kappa shape index (κ2) is 32.9. The number of thioether (sulfide) groups is 1. The van der Waals surface area contributed by atoms with Crippen molar-refractivity contribution in [1.29, 1.82) is 0 Å². The van der Waals surface area contributed by atoms with Crippen molar-refractivity contribution < 1.29 is 46.7 Å². The largest absolute Gasteiger partial charge is 0.549 e. The molecule has 24 heteroatoms. The van der Waals surface area contributed by atoms with Crippen LogP contribution in [0.2, 0.25) is 0 Å². The summed E-state index contributed by atoms with van der Waals surface area (Å²) in [6, 6.07) is 22.7. The second-order valence-electron chi connectivity index (χ2n) is 20.3. The highest BCUT2D eigenvalue weighted by Gasteiger charge is 2.29. The zero-order valence-electron chi connectivity index (χ0n) is 48.6. The normalized spacial score (nSPS) is 13.2. The van der Waals surface area contributed by atoms with Gasteiger partial charge in [0.25, 0.3) is 5.69 Å². The molecule has 450 valence electrons. The van der Waals surface area contributed by atoms with E-state index in [9.17, 15) is 37.7 Å². The van der Waals surface area contributed by atoms with Crippen LogP contribution in [0.5, 0.6) is 11.5 Å². The zero-order valence-corrected chi connectivity index (χ0v) is 51.8. The summed E-state index contributed by atoms with van der Waals surface area (Å²) in [6.07, 6.45) is 6.75. The molecular formula is C61H68BrF3N10O8S2. The number of aliphatic imine (C=N–C) groups is 1. The number of anilines is 2. The van der Waals surface area contributed by atoms with E-state index in [1.807, 2.05) is 39.8 Å². The maximum absolute atomic E-state index is 13.8. The molecule has 4 aromatic carbocycles. The molecule has 2 N–H and O–H groups in total. The first kappa shape index (κ1) is 67.7. The van der Waals surface area contributed by atoms with Gasteiger partial charge < -0.3 is 34.6 Å². The van der Waals surface area contributed by atoms with Gasteiger partial charge in [0.2, 0.25) is 0 Å². The molecule has 3 aliphatic heterocycles. The Bertz CT molecular complexity index is 3410. The molecule has 0 radical (unpaired) electrons. The molecule has 2 saturated heterocycles. The Morgan fingerprint density at radius 3 is 2.16 bits per heavy atom. The Labute approximate surface area is 510 Å². The summed E-state index contributed by atoms with van der Waals surface area (Å²) in [5, 5.41) is 12.4. The van der Waals surface area contributed by atoms with Crippen molar-refractivity contribution in [2.24, 2.45) is 4.99 Å². The molecule has 0 unspecified atom stereocenters. The number of fused-ring (bicyclic) bond motifs is 2. The van der Waals surface area contributed by atoms with Crippen LogP contribution in [-0.4, -0.2) is 106 Å². The van der Waals surface area contributed by atoms with Gasteiger partial charge in [0.15, 0.2) is 28.2 Å². The molecule has 0 aliphatic carbocycles. The monoisotopic (exact) mass is 1270 g/mol. The number of non-ortho nitro benzene ring substituents is 1. The summed E-state index contributed by atoms with van der Waals surface area (Å²) in [4.78, 5) is 70.1. The molecule has 2 aromatic heterocycles. The standard InChI is InChI=1S/C16H21BrFNO3.C14H10N4S.C12H13FO3.C11H15N3S.C8H9FN2O2/c1-16(2,3)22-15(20)19-8-6-12(7-9-19)21-14-5-4-11(17)10-13(14)18;15-14-12-9(17-7-18-14)6-16-13(12)11-5-8-3-1-2-4-10(8)19-11;1-3-5-11(15)16-10-7-4-6-9(13)12(10)8(2)14;1-4-9-15-11(10(12-2)13-3)14-7-5-6-8-14;1-10(2)8-4-3-6(11(12)13)5-7(8)9/h4-5,10,12H,6-9H2,1-3H3;1-5,7H,6H2,(H2,15,17,18);4,6-7H,3,5H2,1-2H3;4-9H2,1H3;3-5H,1-2H3. The average molecular weight is 1270 g/mol. The number of hydrogen-bond donors (Lipinski definition) is 1. The van der Waals surface area contributed by atoms with E-state index in [2.05, 4.69) is 70.6 Å². The van der Waals surface area contributed by atoms with E-state index in [0.717, 1.165) is 64.3 Å². The molecular weight excluding hydrogens is 1200 g/mol.